The van der Waals surface area contributed by atoms with E-state index in [-0.39, 0.29) is 5.91 Å². The van der Waals surface area contributed by atoms with Crippen molar-refractivity contribution < 1.29 is 14.3 Å². The van der Waals surface area contributed by atoms with Gasteiger partial charge in [-0.2, -0.15) is 0 Å². The smallest absolute Gasteiger partial charge is 0.408 e. The van der Waals surface area contributed by atoms with Crippen molar-refractivity contribution in [2.45, 2.75) is 59.2 Å². The number of benzene rings is 1. The molecular formula is C19H28N2O3. The second kappa shape index (κ2) is 7.24. The molecule has 1 aliphatic rings. The summed E-state index contributed by atoms with van der Waals surface area (Å²) in [7, 11) is 0. The van der Waals surface area contributed by atoms with E-state index in [4.69, 9.17) is 4.74 Å². The predicted octanol–water partition coefficient (Wildman–Crippen LogP) is 3.12. The second-order valence-electron chi connectivity index (χ2n) is 7.78. The Labute approximate surface area is 144 Å². The number of nitrogens with zero attached hydrogens (tertiary/aromatic N) is 1. The van der Waals surface area contributed by atoms with E-state index in [1.165, 1.54) is 0 Å². The van der Waals surface area contributed by atoms with Crippen LogP contribution in [0.4, 0.5) is 4.79 Å². The van der Waals surface area contributed by atoms with E-state index in [0.717, 1.165) is 11.1 Å². The van der Waals surface area contributed by atoms with Gasteiger partial charge in [0.25, 0.3) is 0 Å². The molecule has 1 heterocycles. The van der Waals surface area contributed by atoms with Gasteiger partial charge in [-0.25, -0.2) is 4.79 Å². The van der Waals surface area contributed by atoms with Crippen molar-refractivity contribution in [1.29, 1.82) is 0 Å². The highest BCUT2D eigenvalue weighted by atomic mass is 16.6. The molecule has 5 nitrogen and oxygen atoms in total. The molecule has 5 heteroatoms. The lowest BCUT2D eigenvalue weighted by Gasteiger charge is -2.27. The maximum absolute atomic E-state index is 12.9. The zero-order valence-corrected chi connectivity index (χ0v) is 15.3. The number of ether oxygens (including phenoxy) is 1. The Hall–Kier alpha value is -2.04. The summed E-state index contributed by atoms with van der Waals surface area (Å²) in [5, 5.41) is 2.76. The number of nitrogens with one attached hydrogen (secondary N) is 1. The summed E-state index contributed by atoms with van der Waals surface area (Å²) in [4.78, 5) is 26.9. The van der Waals surface area contributed by atoms with Crippen LogP contribution in [0.5, 0.6) is 0 Å². The maximum Gasteiger partial charge on any atom is 0.408 e. The van der Waals surface area contributed by atoms with Gasteiger partial charge in [-0.3, -0.25) is 4.79 Å². The summed E-state index contributed by atoms with van der Waals surface area (Å²) in [5.41, 5.74) is 1.64. The zero-order chi connectivity index (χ0) is 17.9. The first-order chi connectivity index (χ1) is 11.2. The van der Waals surface area contributed by atoms with E-state index in [9.17, 15) is 9.59 Å². The molecule has 132 valence electrons. The average molecular weight is 332 g/mol. The summed E-state index contributed by atoms with van der Waals surface area (Å²) in [6.07, 6.45) is -0.0622. The normalized spacial score (nSPS) is 18.2. The summed E-state index contributed by atoms with van der Waals surface area (Å²) in [5.74, 6) is 0.312. The van der Waals surface area contributed by atoms with Crippen molar-refractivity contribution in [2.75, 3.05) is 6.54 Å². The van der Waals surface area contributed by atoms with Gasteiger partial charge in [-0.1, -0.05) is 38.1 Å². The van der Waals surface area contributed by atoms with Crippen LogP contribution >= 0.6 is 0 Å². The van der Waals surface area contributed by atoms with Gasteiger partial charge in [0.05, 0.1) is 0 Å². The number of amides is 2. The van der Waals surface area contributed by atoms with E-state index < -0.39 is 17.7 Å². The predicted molar refractivity (Wildman–Crippen MR) is 93.6 cm³/mol. The van der Waals surface area contributed by atoms with Gasteiger partial charge < -0.3 is 15.0 Å². The fraction of sp³-hybridized carbons (Fsp3) is 0.579. The number of hydrogen-bond donors (Lipinski definition) is 1. The minimum absolute atomic E-state index is 0.0502. The third kappa shape index (κ3) is 4.98. The van der Waals surface area contributed by atoms with E-state index in [1.807, 2.05) is 49.9 Å². The van der Waals surface area contributed by atoms with E-state index >= 15 is 0 Å². The molecule has 0 radical (unpaired) electrons. The van der Waals surface area contributed by atoms with E-state index in [0.29, 0.717) is 25.4 Å². The van der Waals surface area contributed by atoms with Crippen LogP contribution < -0.4 is 5.32 Å². The fourth-order valence-corrected chi connectivity index (χ4v) is 2.88. The van der Waals surface area contributed by atoms with Crippen LogP contribution in [0.2, 0.25) is 0 Å². The standard InChI is InChI=1S/C19H28N2O3/c1-13(2)11-21-12-15-9-7-6-8-14(15)10-16(17(21)22)20-18(23)24-19(3,4)5/h6-9,13,16H,10-12H2,1-5H3,(H,20,23)/t16-/m1/s1. The van der Waals surface area contributed by atoms with Crippen molar-refractivity contribution in [1.82, 2.24) is 10.2 Å². The largest absolute Gasteiger partial charge is 0.444 e. The first-order valence-electron chi connectivity index (χ1n) is 8.51. The highest BCUT2D eigenvalue weighted by Crippen LogP contribution is 2.21. The quantitative estimate of drug-likeness (QED) is 0.925. The minimum Gasteiger partial charge on any atom is -0.444 e. The molecule has 2 amide bonds. The molecule has 0 saturated heterocycles. The van der Waals surface area contributed by atoms with Gasteiger partial charge in [0.15, 0.2) is 0 Å². The first kappa shape index (κ1) is 18.3. The van der Waals surface area contributed by atoms with Gasteiger partial charge in [-0.15, -0.1) is 0 Å². The van der Waals surface area contributed by atoms with Gasteiger partial charge in [0.1, 0.15) is 11.6 Å². The Morgan fingerprint density at radius 1 is 1.29 bits per heavy atom. The Morgan fingerprint density at radius 2 is 1.92 bits per heavy atom. The lowest BCUT2D eigenvalue weighted by Crippen LogP contribution is -2.50. The lowest BCUT2D eigenvalue weighted by atomic mass is 10.0. The van der Waals surface area contributed by atoms with Gasteiger partial charge in [0, 0.05) is 19.5 Å². The van der Waals surface area contributed by atoms with Crippen LogP contribution in [0, 0.1) is 5.92 Å². The number of hydrogen-bond acceptors (Lipinski definition) is 3. The highest BCUT2D eigenvalue weighted by Gasteiger charge is 2.32. The molecule has 0 saturated carbocycles. The van der Waals surface area contributed by atoms with Crippen molar-refractivity contribution in [2.24, 2.45) is 5.92 Å². The third-order valence-electron chi connectivity index (χ3n) is 3.79. The summed E-state index contributed by atoms with van der Waals surface area (Å²) >= 11 is 0. The van der Waals surface area contributed by atoms with Gasteiger partial charge in [0.2, 0.25) is 5.91 Å². The molecule has 1 aromatic carbocycles. The maximum atomic E-state index is 12.9. The number of rotatable bonds is 3. The molecule has 0 bridgehead atoms. The Bertz CT molecular complexity index is 605. The van der Waals surface area contributed by atoms with Crippen molar-refractivity contribution in [3.8, 4) is 0 Å². The van der Waals surface area contributed by atoms with Gasteiger partial charge >= 0.3 is 6.09 Å². The molecule has 2 rings (SSSR count). The van der Waals surface area contributed by atoms with Crippen LogP contribution in [-0.4, -0.2) is 35.1 Å². The van der Waals surface area contributed by atoms with Crippen LogP contribution in [0.15, 0.2) is 24.3 Å². The summed E-state index contributed by atoms with van der Waals surface area (Å²) in [6, 6.07) is 7.42. The van der Waals surface area contributed by atoms with Gasteiger partial charge in [-0.05, 0) is 37.8 Å². The van der Waals surface area contributed by atoms with Crippen LogP contribution in [0.3, 0.4) is 0 Å². The van der Waals surface area contributed by atoms with Crippen LogP contribution in [0.1, 0.15) is 45.7 Å². The molecular weight excluding hydrogens is 304 g/mol. The topological polar surface area (TPSA) is 58.6 Å². The van der Waals surface area contributed by atoms with Crippen LogP contribution in [0.25, 0.3) is 0 Å². The molecule has 1 aromatic rings. The van der Waals surface area contributed by atoms with Crippen molar-refractivity contribution in [3.05, 3.63) is 35.4 Å². The van der Waals surface area contributed by atoms with E-state index in [1.54, 1.807) is 0 Å². The monoisotopic (exact) mass is 332 g/mol. The number of alkyl carbamates (subject to hydrolysis) is 1. The highest BCUT2D eigenvalue weighted by molar-refractivity contribution is 5.86. The Kier molecular flexibility index (Phi) is 5.52. The molecule has 1 atom stereocenters. The van der Waals surface area contributed by atoms with Crippen molar-refractivity contribution >= 4 is 12.0 Å². The molecule has 0 aliphatic carbocycles. The lowest BCUT2D eigenvalue weighted by molar-refractivity contribution is -0.134. The number of carbonyl (C=O) groups is 2. The number of carbonyl (C=O) groups excluding carboxylic acids is 2. The third-order valence-corrected chi connectivity index (χ3v) is 3.79. The second-order valence-corrected chi connectivity index (χ2v) is 7.78. The molecule has 1 aliphatic heterocycles. The Morgan fingerprint density at radius 3 is 2.50 bits per heavy atom. The molecule has 0 spiro atoms. The van der Waals surface area contributed by atoms with Crippen molar-refractivity contribution in [3.63, 3.8) is 0 Å². The molecule has 0 unspecified atom stereocenters. The SMILES string of the molecule is CC(C)CN1Cc2ccccc2C[C@@H](NC(=O)OC(C)(C)C)C1=O. The Balaban J connectivity index is 2.22. The minimum atomic E-state index is -0.595. The summed E-state index contributed by atoms with van der Waals surface area (Å²) < 4.78 is 5.31. The van der Waals surface area contributed by atoms with E-state index in [2.05, 4.69) is 19.2 Å². The molecule has 0 aromatic heterocycles. The summed E-state index contributed by atoms with van der Waals surface area (Å²) in [6.45, 7) is 10.8. The molecule has 1 N–H and O–H groups in total. The van der Waals surface area contributed by atoms with Crippen LogP contribution in [-0.2, 0) is 22.5 Å². The molecule has 0 fully saturated rings. The first-order valence-corrected chi connectivity index (χ1v) is 8.51. The fourth-order valence-electron chi connectivity index (χ4n) is 2.88. The number of fused-ring (bicyclic) bond motifs is 1. The average Bonchev–Trinajstić information content (AvgIpc) is 2.55. The molecule has 24 heavy (non-hydrogen) atoms. The zero-order valence-electron chi connectivity index (χ0n) is 15.3.